The van der Waals surface area contributed by atoms with Crippen molar-refractivity contribution in [2.45, 2.75) is 6.54 Å². The molecule has 0 amide bonds. The Morgan fingerprint density at radius 3 is 2.86 bits per heavy atom. The highest BCUT2D eigenvalue weighted by Crippen LogP contribution is 2.14. The van der Waals surface area contributed by atoms with E-state index in [-0.39, 0.29) is 0 Å². The molecular weight excluding hydrogens is 176 g/mol. The maximum absolute atomic E-state index is 9.29. The molecule has 0 atom stereocenters. The smallest absolute Gasteiger partial charge is 0.115 e. The second-order valence-corrected chi connectivity index (χ2v) is 3.61. The van der Waals surface area contributed by atoms with E-state index in [1.54, 1.807) is 12.1 Å². The highest BCUT2D eigenvalue weighted by atomic mass is 16.3. The molecule has 0 saturated heterocycles. The number of phenols is 1. The van der Waals surface area contributed by atoms with E-state index in [9.17, 15) is 5.11 Å². The molecule has 1 heterocycles. The highest BCUT2D eigenvalue weighted by molar-refractivity contribution is 5.27. The van der Waals surface area contributed by atoms with Gasteiger partial charge >= 0.3 is 0 Å². The van der Waals surface area contributed by atoms with Gasteiger partial charge in [0.15, 0.2) is 0 Å². The van der Waals surface area contributed by atoms with Crippen LogP contribution in [0.2, 0.25) is 0 Å². The Morgan fingerprint density at radius 2 is 2.21 bits per heavy atom. The van der Waals surface area contributed by atoms with Crippen molar-refractivity contribution in [3.63, 3.8) is 0 Å². The molecule has 0 bridgehead atoms. The van der Waals surface area contributed by atoms with Gasteiger partial charge in [0.2, 0.25) is 0 Å². The molecule has 1 aromatic carbocycles. The van der Waals surface area contributed by atoms with Crippen LogP contribution >= 0.6 is 0 Å². The summed E-state index contributed by atoms with van der Waals surface area (Å²) < 4.78 is 0. The molecule has 0 saturated carbocycles. The third kappa shape index (κ3) is 1.99. The number of hydrogen-bond donors (Lipinski definition) is 1. The summed E-state index contributed by atoms with van der Waals surface area (Å²) in [5, 5.41) is 9.29. The van der Waals surface area contributed by atoms with Gasteiger partial charge in [0.25, 0.3) is 0 Å². The third-order valence-electron chi connectivity index (χ3n) is 2.23. The molecule has 1 N–H and O–H groups in total. The maximum atomic E-state index is 9.29. The van der Waals surface area contributed by atoms with Gasteiger partial charge in [0.05, 0.1) is 6.67 Å². The fraction of sp³-hybridized carbons (Fsp3) is 0.273. The van der Waals surface area contributed by atoms with Gasteiger partial charge in [0, 0.05) is 26.0 Å². The first kappa shape index (κ1) is 8.94. The van der Waals surface area contributed by atoms with Gasteiger partial charge in [-0.25, -0.2) is 0 Å². The number of rotatable bonds is 2. The van der Waals surface area contributed by atoms with Crippen molar-refractivity contribution in [1.82, 2.24) is 9.80 Å². The van der Waals surface area contributed by atoms with Gasteiger partial charge in [-0.3, -0.25) is 0 Å². The molecule has 2 rings (SSSR count). The van der Waals surface area contributed by atoms with Crippen LogP contribution in [0.15, 0.2) is 36.7 Å². The number of benzene rings is 1. The molecule has 3 nitrogen and oxygen atoms in total. The predicted molar refractivity (Wildman–Crippen MR) is 55.4 cm³/mol. The molecule has 3 heteroatoms. The highest BCUT2D eigenvalue weighted by Gasteiger charge is 2.08. The van der Waals surface area contributed by atoms with Crippen LogP contribution in [-0.4, -0.2) is 28.6 Å². The lowest BCUT2D eigenvalue weighted by Crippen LogP contribution is -2.21. The second-order valence-electron chi connectivity index (χ2n) is 3.61. The Balaban J connectivity index is 2.01. The van der Waals surface area contributed by atoms with E-state index in [0.29, 0.717) is 5.75 Å². The monoisotopic (exact) mass is 190 g/mol. The van der Waals surface area contributed by atoms with Crippen molar-refractivity contribution >= 4 is 0 Å². The Labute approximate surface area is 83.9 Å². The van der Waals surface area contributed by atoms with Crippen LogP contribution in [-0.2, 0) is 6.54 Å². The molecule has 1 aliphatic heterocycles. The minimum atomic E-state index is 0.332. The van der Waals surface area contributed by atoms with E-state index in [0.717, 1.165) is 18.8 Å². The average molecular weight is 190 g/mol. The van der Waals surface area contributed by atoms with Gasteiger partial charge in [0.1, 0.15) is 5.75 Å². The Morgan fingerprint density at radius 1 is 1.36 bits per heavy atom. The van der Waals surface area contributed by atoms with Crippen molar-refractivity contribution < 1.29 is 5.11 Å². The zero-order valence-electron chi connectivity index (χ0n) is 8.22. The summed E-state index contributed by atoms with van der Waals surface area (Å²) in [6.45, 7) is 1.75. The normalized spacial score (nSPS) is 15.2. The van der Waals surface area contributed by atoms with Crippen molar-refractivity contribution in [2.24, 2.45) is 0 Å². The van der Waals surface area contributed by atoms with Crippen molar-refractivity contribution in [1.29, 1.82) is 0 Å². The van der Waals surface area contributed by atoms with Crippen molar-refractivity contribution in [2.75, 3.05) is 13.7 Å². The zero-order chi connectivity index (χ0) is 9.97. The molecule has 0 radical (unpaired) electrons. The van der Waals surface area contributed by atoms with Gasteiger partial charge < -0.3 is 14.9 Å². The number of nitrogens with zero attached hydrogens (tertiary/aromatic N) is 2. The van der Waals surface area contributed by atoms with Crippen LogP contribution in [0.4, 0.5) is 0 Å². The van der Waals surface area contributed by atoms with E-state index in [2.05, 4.69) is 16.0 Å². The summed E-state index contributed by atoms with van der Waals surface area (Å²) in [7, 11) is 2.04. The molecule has 0 aliphatic carbocycles. The standard InChI is InChI=1S/C11H14N2O/c1-12-5-6-13(9-12)8-10-3-2-4-11(14)7-10/h2-7,14H,8-9H2,1H3. The Bertz CT molecular complexity index is 349. The molecule has 0 aromatic heterocycles. The van der Waals surface area contributed by atoms with E-state index in [1.807, 2.05) is 25.4 Å². The minimum absolute atomic E-state index is 0.332. The van der Waals surface area contributed by atoms with Gasteiger partial charge in [-0.05, 0) is 17.7 Å². The summed E-state index contributed by atoms with van der Waals surface area (Å²) in [5.74, 6) is 0.332. The van der Waals surface area contributed by atoms with Crippen LogP contribution in [0.3, 0.4) is 0 Å². The van der Waals surface area contributed by atoms with E-state index < -0.39 is 0 Å². The van der Waals surface area contributed by atoms with E-state index in [4.69, 9.17) is 0 Å². The van der Waals surface area contributed by atoms with Crippen LogP contribution in [0, 0.1) is 0 Å². The van der Waals surface area contributed by atoms with E-state index >= 15 is 0 Å². The molecular formula is C11H14N2O. The lowest BCUT2D eigenvalue weighted by molar-refractivity contribution is 0.290. The lowest BCUT2D eigenvalue weighted by Gasteiger charge is -2.18. The first-order valence-electron chi connectivity index (χ1n) is 4.64. The third-order valence-corrected chi connectivity index (χ3v) is 2.23. The summed E-state index contributed by atoms with van der Waals surface area (Å²) in [5.41, 5.74) is 1.13. The number of hydrogen-bond acceptors (Lipinski definition) is 3. The predicted octanol–water partition coefficient (Wildman–Crippen LogP) is 1.57. The minimum Gasteiger partial charge on any atom is -0.508 e. The largest absolute Gasteiger partial charge is 0.508 e. The molecule has 0 fully saturated rings. The summed E-state index contributed by atoms with van der Waals surface area (Å²) in [6.07, 6.45) is 4.10. The van der Waals surface area contributed by atoms with Gasteiger partial charge in [-0.1, -0.05) is 12.1 Å². The van der Waals surface area contributed by atoms with Crippen molar-refractivity contribution in [3.8, 4) is 5.75 Å². The van der Waals surface area contributed by atoms with Crippen LogP contribution in [0.25, 0.3) is 0 Å². The maximum Gasteiger partial charge on any atom is 0.115 e. The Kier molecular flexibility index (Phi) is 2.31. The SMILES string of the molecule is CN1C=CN(Cc2cccc(O)c2)C1. The van der Waals surface area contributed by atoms with Gasteiger partial charge in [-0.15, -0.1) is 0 Å². The van der Waals surface area contributed by atoms with Crippen LogP contribution in [0.5, 0.6) is 5.75 Å². The van der Waals surface area contributed by atoms with Crippen LogP contribution < -0.4 is 0 Å². The number of aromatic hydroxyl groups is 1. The first-order chi connectivity index (χ1) is 6.74. The fourth-order valence-corrected chi connectivity index (χ4v) is 1.58. The molecule has 1 aliphatic rings. The number of phenolic OH excluding ortho intramolecular Hbond substituents is 1. The molecule has 14 heavy (non-hydrogen) atoms. The first-order valence-corrected chi connectivity index (χ1v) is 4.64. The fourth-order valence-electron chi connectivity index (χ4n) is 1.58. The lowest BCUT2D eigenvalue weighted by atomic mass is 10.2. The molecule has 0 unspecified atom stereocenters. The summed E-state index contributed by atoms with van der Waals surface area (Å²) in [6, 6.07) is 7.38. The zero-order valence-corrected chi connectivity index (χ0v) is 8.22. The summed E-state index contributed by atoms with van der Waals surface area (Å²) >= 11 is 0. The Hall–Kier alpha value is -1.64. The molecule has 0 spiro atoms. The van der Waals surface area contributed by atoms with Crippen molar-refractivity contribution in [3.05, 3.63) is 42.2 Å². The summed E-state index contributed by atoms with van der Waals surface area (Å²) in [4.78, 5) is 4.30. The average Bonchev–Trinajstić information content (AvgIpc) is 2.51. The molecule has 1 aromatic rings. The quantitative estimate of drug-likeness (QED) is 0.766. The van der Waals surface area contributed by atoms with Crippen LogP contribution in [0.1, 0.15) is 5.56 Å². The van der Waals surface area contributed by atoms with Gasteiger partial charge in [-0.2, -0.15) is 0 Å². The van der Waals surface area contributed by atoms with E-state index in [1.165, 1.54) is 0 Å². The molecule has 74 valence electrons. The second kappa shape index (κ2) is 3.62. The topological polar surface area (TPSA) is 26.7 Å².